The molecule has 2 heterocycles. The Hall–Kier alpha value is -2.12. The summed E-state index contributed by atoms with van der Waals surface area (Å²) in [6.45, 7) is 9.06. The lowest BCUT2D eigenvalue weighted by atomic mass is 10.2. The molecular formula is C18H23N3O3S. The lowest BCUT2D eigenvalue weighted by Crippen LogP contribution is -2.28. The third-order valence-corrected chi connectivity index (χ3v) is 5.06. The zero-order valence-electron chi connectivity index (χ0n) is 14.8. The van der Waals surface area contributed by atoms with Crippen LogP contribution in [0.4, 0.5) is 5.13 Å². The first-order valence-electron chi connectivity index (χ1n) is 8.44. The number of aromatic nitrogens is 1. The molecule has 134 valence electrons. The highest BCUT2D eigenvalue weighted by atomic mass is 32.1. The standard InChI is InChI=1S/C18H23N3O3S/c1-4-20(9-14-6-7-16-17(8-14)24-12-23-16)10-15-11-25-18(19-15)21(5-2)13(3)22/h6-8,11H,4-5,9-10,12H2,1-3H3. The number of hydrogen-bond acceptors (Lipinski definition) is 6. The minimum Gasteiger partial charge on any atom is -0.454 e. The molecule has 3 rings (SSSR count). The van der Waals surface area contributed by atoms with E-state index in [0.29, 0.717) is 13.3 Å². The third-order valence-electron chi connectivity index (χ3n) is 4.14. The lowest BCUT2D eigenvalue weighted by Gasteiger charge is -2.19. The summed E-state index contributed by atoms with van der Waals surface area (Å²) in [5.74, 6) is 1.64. The SMILES string of the molecule is CCN(Cc1ccc2c(c1)OCO2)Cc1csc(N(CC)C(C)=O)n1. The van der Waals surface area contributed by atoms with Gasteiger partial charge in [0.2, 0.25) is 12.7 Å². The monoisotopic (exact) mass is 361 g/mol. The Bertz CT molecular complexity index is 747. The van der Waals surface area contributed by atoms with Gasteiger partial charge in [-0.2, -0.15) is 0 Å². The molecule has 0 saturated heterocycles. The summed E-state index contributed by atoms with van der Waals surface area (Å²) in [5.41, 5.74) is 2.17. The van der Waals surface area contributed by atoms with Crippen molar-refractivity contribution in [3.8, 4) is 11.5 Å². The number of carbonyl (C=O) groups is 1. The topological polar surface area (TPSA) is 54.9 Å². The molecule has 1 aliphatic rings. The maximum atomic E-state index is 11.7. The number of carbonyl (C=O) groups excluding carboxylic acids is 1. The molecule has 0 saturated carbocycles. The van der Waals surface area contributed by atoms with Crippen molar-refractivity contribution in [2.75, 3.05) is 24.8 Å². The van der Waals surface area contributed by atoms with Crippen LogP contribution in [-0.4, -0.2) is 35.7 Å². The fourth-order valence-corrected chi connectivity index (χ4v) is 3.72. The van der Waals surface area contributed by atoms with Crippen molar-refractivity contribution in [2.45, 2.75) is 33.9 Å². The van der Waals surface area contributed by atoms with Gasteiger partial charge in [0.1, 0.15) is 0 Å². The maximum absolute atomic E-state index is 11.7. The Morgan fingerprint density at radius 3 is 2.72 bits per heavy atom. The molecule has 0 unspecified atom stereocenters. The van der Waals surface area contributed by atoms with Crippen molar-refractivity contribution in [3.05, 3.63) is 34.8 Å². The number of ether oxygens (including phenoxy) is 2. The number of nitrogens with zero attached hydrogens (tertiary/aromatic N) is 3. The van der Waals surface area contributed by atoms with E-state index < -0.39 is 0 Å². The van der Waals surface area contributed by atoms with Gasteiger partial charge in [-0.05, 0) is 31.2 Å². The molecule has 0 aliphatic carbocycles. The van der Waals surface area contributed by atoms with Crippen LogP contribution in [0, 0.1) is 0 Å². The van der Waals surface area contributed by atoms with Crippen LogP contribution >= 0.6 is 11.3 Å². The number of benzene rings is 1. The molecule has 7 heteroatoms. The number of rotatable bonds is 7. The minimum atomic E-state index is 0.0242. The summed E-state index contributed by atoms with van der Waals surface area (Å²) in [5, 5.41) is 2.80. The first-order chi connectivity index (χ1) is 12.1. The van der Waals surface area contributed by atoms with Crippen molar-refractivity contribution < 1.29 is 14.3 Å². The second kappa shape index (κ2) is 7.84. The molecule has 0 fully saturated rings. The number of hydrogen-bond donors (Lipinski definition) is 0. The van der Waals surface area contributed by atoms with Gasteiger partial charge in [0.15, 0.2) is 16.6 Å². The summed E-state index contributed by atoms with van der Waals surface area (Å²) >= 11 is 1.52. The highest BCUT2D eigenvalue weighted by Gasteiger charge is 2.16. The van der Waals surface area contributed by atoms with Gasteiger partial charge in [-0.3, -0.25) is 14.6 Å². The number of fused-ring (bicyclic) bond motifs is 1. The molecule has 1 aromatic heterocycles. The van der Waals surface area contributed by atoms with Gasteiger partial charge in [0, 0.05) is 31.9 Å². The molecule has 0 N–H and O–H groups in total. The van der Waals surface area contributed by atoms with Gasteiger partial charge in [-0.1, -0.05) is 13.0 Å². The molecule has 0 bridgehead atoms. The van der Waals surface area contributed by atoms with Gasteiger partial charge >= 0.3 is 0 Å². The average Bonchev–Trinajstić information content (AvgIpc) is 3.23. The molecule has 0 atom stereocenters. The van der Waals surface area contributed by atoms with Crippen LogP contribution < -0.4 is 14.4 Å². The van der Waals surface area contributed by atoms with E-state index in [1.807, 2.05) is 24.4 Å². The van der Waals surface area contributed by atoms with Crippen molar-refractivity contribution in [1.82, 2.24) is 9.88 Å². The van der Waals surface area contributed by atoms with Gasteiger partial charge in [0.05, 0.1) is 5.69 Å². The van der Waals surface area contributed by atoms with Gasteiger partial charge in [-0.15, -0.1) is 11.3 Å². The second-order valence-corrected chi connectivity index (χ2v) is 6.71. The van der Waals surface area contributed by atoms with Crippen LogP contribution in [0.5, 0.6) is 11.5 Å². The fraction of sp³-hybridized carbons (Fsp3) is 0.444. The van der Waals surface area contributed by atoms with Crippen molar-refractivity contribution in [3.63, 3.8) is 0 Å². The zero-order chi connectivity index (χ0) is 17.8. The van der Waals surface area contributed by atoms with Gasteiger partial charge < -0.3 is 9.47 Å². The minimum absolute atomic E-state index is 0.0242. The molecule has 1 aromatic carbocycles. The van der Waals surface area contributed by atoms with E-state index in [1.165, 1.54) is 16.9 Å². The molecule has 1 aliphatic heterocycles. The van der Waals surface area contributed by atoms with E-state index in [-0.39, 0.29) is 5.91 Å². The van der Waals surface area contributed by atoms with Gasteiger partial charge in [-0.25, -0.2) is 4.98 Å². The molecule has 6 nitrogen and oxygen atoms in total. The van der Waals surface area contributed by atoms with E-state index in [1.54, 1.807) is 11.8 Å². The van der Waals surface area contributed by atoms with Crippen molar-refractivity contribution in [1.29, 1.82) is 0 Å². The predicted molar refractivity (Wildman–Crippen MR) is 98.2 cm³/mol. The highest BCUT2D eigenvalue weighted by Crippen LogP contribution is 2.33. The van der Waals surface area contributed by atoms with Crippen LogP contribution in [0.25, 0.3) is 0 Å². The highest BCUT2D eigenvalue weighted by molar-refractivity contribution is 7.14. The van der Waals surface area contributed by atoms with Gasteiger partial charge in [0.25, 0.3) is 0 Å². The third kappa shape index (κ3) is 4.11. The van der Waals surface area contributed by atoms with E-state index in [4.69, 9.17) is 9.47 Å². The summed E-state index contributed by atoms with van der Waals surface area (Å²) < 4.78 is 10.8. The Kier molecular flexibility index (Phi) is 5.55. The maximum Gasteiger partial charge on any atom is 0.231 e. The Morgan fingerprint density at radius 2 is 2.00 bits per heavy atom. The Labute approximate surface area is 152 Å². The molecular weight excluding hydrogens is 338 g/mol. The van der Waals surface area contributed by atoms with Crippen molar-refractivity contribution >= 4 is 22.4 Å². The largest absolute Gasteiger partial charge is 0.454 e. The molecule has 25 heavy (non-hydrogen) atoms. The van der Waals surface area contributed by atoms with Crippen LogP contribution in [0.15, 0.2) is 23.6 Å². The molecule has 2 aromatic rings. The summed E-state index contributed by atoms with van der Waals surface area (Å²) in [7, 11) is 0. The number of amides is 1. The number of anilines is 1. The average molecular weight is 361 g/mol. The van der Waals surface area contributed by atoms with E-state index in [9.17, 15) is 4.79 Å². The van der Waals surface area contributed by atoms with Crippen LogP contribution in [0.2, 0.25) is 0 Å². The van der Waals surface area contributed by atoms with E-state index in [2.05, 4.69) is 22.9 Å². The van der Waals surface area contributed by atoms with E-state index in [0.717, 1.165) is 42.0 Å². The normalized spacial score (nSPS) is 12.6. The lowest BCUT2D eigenvalue weighted by molar-refractivity contribution is -0.116. The Balaban J connectivity index is 1.66. The molecule has 1 amide bonds. The molecule has 0 spiro atoms. The van der Waals surface area contributed by atoms with Crippen molar-refractivity contribution in [2.24, 2.45) is 0 Å². The summed E-state index contributed by atoms with van der Waals surface area (Å²) in [6.07, 6.45) is 0. The smallest absolute Gasteiger partial charge is 0.231 e. The first-order valence-corrected chi connectivity index (χ1v) is 9.32. The number of thiazole rings is 1. The van der Waals surface area contributed by atoms with Crippen LogP contribution in [0.3, 0.4) is 0 Å². The quantitative estimate of drug-likeness (QED) is 0.758. The predicted octanol–water partition coefficient (Wildman–Crippen LogP) is 3.27. The van der Waals surface area contributed by atoms with E-state index >= 15 is 0 Å². The molecule has 0 radical (unpaired) electrons. The summed E-state index contributed by atoms with van der Waals surface area (Å²) in [6, 6.07) is 6.06. The fourth-order valence-electron chi connectivity index (χ4n) is 2.79. The first kappa shape index (κ1) is 17.7. The van der Waals surface area contributed by atoms with Crippen LogP contribution in [0.1, 0.15) is 32.0 Å². The van der Waals surface area contributed by atoms with Crippen LogP contribution in [-0.2, 0) is 17.9 Å². The zero-order valence-corrected chi connectivity index (χ0v) is 15.6. The summed E-state index contributed by atoms with van der Waals surface area (Å²) in [4.78, 5) is 20.3. The Morgan fingerprint density at radius 1 is 1.20 bits per heavy atom. The second-order valence-electron chi connectivity index (χ2n) is 5.88.